The summed E-state index contributed by atoms with van der Waals surface area (Å²) >= 11 is 0. The van der Waals surface area contributed by atoms with Crippen LogP contribution in [0.3, 0.4) is 0 Å². The number of amides is 1. The highest BCUT2D eigenvalue weighted by atomic mass is 19.1. The van der Waals surface area contributed by atoms with Crippen LogP contribution in [0.5, 0.6) is 0 Å². The molecule has 2 atom stereocenters. The van der Waals surface area contributed by atoms with Gasteiger partial charge in [-0.25, -0.2) is 4.39 Å². The molecule has 5 heteroatoms. The molecule has 1 saturated carbocycles. The molecule has 1 aromatic carbocycles. The summed E-state index contributed by atoms with van der Waals surface area (Å²) in [6, 6.07) is 6.53. The topological polar surface area (TPSA) is 55.6 Å². The molecule has 2 rings (SSSR count). The number of halogens is 1. The van der Waals surface area contributed by atoms with E-state index in [1.165, 1.54) is 12.1 Å². The van der Waals surface area contributed by atoms with Crippen LogP contribution < -0.4 is 5.73 Å². The number of carbonyl (C=O) groups is 1. The summed E-state index contributed by atoms with van der Waals surface area (Å²) in [4.78, 5) is 15.0. The lowest BCUT2D eigenvalue weighted by Gasteiger charge is -2.58. The third kappa shape index (κ3) is 3.87. The molecule has 0 spiro atoms. The molecule has 1 amide bonds. The van der Waals surface area contributed by atoms with E-state index in [0.717, 1.165) is 12.0 Å². The number of rotatable bonds is 8. The van der Waals surface area contributed by atoms with E-state index >= 15 is 0 Å². The summed E-state index contributed by atoms with van der Waals surface area (Å²) in [7, 11) is 0. The molecule has 0 radical (unpaired) electrons. The fraction of sp³-hybridized carbons (Fsp3) is 0.650. The molecule has 0 saturated heterocycles. The summed E-state index contributed by atoms with van der Waals surface area (Å²) in [6.45, 7) is 9.83. The van der Waals surface area contributed by atoms with Gasteiger partial charge >= 0.3 is 0 Å². The van der Waals surface area contributed by atoms with E-state index in [2.05, 4.69) is 0 Å². The molecule has 1 aliphatic rings. The summed E-state index contributed by atoms with van der Waals surface area (Å²) in [6.07, 6.45) is 2.04. The highest BCUT2D eigenvalue weighted by Crippen LogP contribution is 2.50. The van der Waals surface area contributed by atoms with Gasteiger partial charge in [0.2, 0.25) is 5.91 Å². The van der Waals surface area contributed by atoms with Gasteiger partial charge in [-0.05, 0) is 37.5 Å². The van der Waals surface area contributed by atoms with Crippen LogP contribution in [-0.2, 0) is 16.0 Å². The van der Waals surface area contributed by atoms with Crippen LogP contribution >= 0.6 is 0 Å². The molecular formula is C20H31FN2O2. The van der Waals surface area contributed by atoms with Crippen LogP contribution in [0.2, 0.25) is 0 Å². The number of benzene rings is 1. The fourth-order valence-corrected chi connectivity index (χ4v) is 3.62. The number of carbonyl (C=O) groups excluding carboxylic acids is 1. The molecule has 1 aliphatic carbocycles. The Morgan fingerprint density at radius 2 is 2.08 bits per heavy atom. The van der Waals surface area contributed by atoms with Crippen molar-refractivity contribution in [2.75, 3.05) is 19.7 Å². The van der Waals surface area contributed by atoms with Crippen LogP contribution in [-0.4, -0.2) is 42.1 Å². The van der Waals surface area contributed by atoms with E-state index < -0.39 is 11.0 Å². The monoisotopic (exact) mass is 350 g/mol. The first-order valence-electron chi connectivity index (χ1n) is 9.20. The summed E-state index contributed by atoms with van der Waals surface area (Å²) in [5.74, 6) is -0.271. The number of nitrogens with zero attached hydrogens (tertiary/aromatic N) is 1. The second kappa shape index (κ2) is 7.83. The van der Waals surface area contributed by atoms with Gasteiger partial charge in [0, 0.05) is 31.5 Å². The predicted octanol–water partition coefficient (Wildman–Crippen LogP) is 3.14. The minimum Gasteiger partial charge on any atom is -0.378 e. The number of nitrogens with two attached hydrogens (primary N) is 1. The maximum absolute atomic E-state index is 13.4. The van der Waals surface area contributed by atoms with Crippen molar-refractivity contribution in [1.29, 1.82) is 0 Å². The largest absolute Gasteiger partial charge is 0.378 e. The Bertz CT molecular complexity index is 605. The zero-order chi connectivity index (χ0) is 18.7. The number of hydrogen-bond acceptors (Lipinski definition) is 3. The lowest BCUT2D eigenvalue weighted by molar-refractivity contribution is -0.179. The van der Waals surface area contributed by atoms with Gasteiger partial charge in [0.15, 0.2) is 0 Å². The Kier molecular flexibility index (Phi) is 6.22. The Hall–Kier alpha value is -1.46. The second-order valence-corrected chi connectivity index (χ2v) is 7.51. The van der Waals surface area contributed by atoms with Gasteiger partial charge in [-0.1, -0.05) is 32.9 Å². The molecule has 140 valence electrons. The molecule has 0 aromatic heterocycles. The van der Waals surface area contributed by atoms with Crippen molar-refractivity contribution in [2.45, 2.75) is 58.6 Å². The molecule has 4 nitrogen and oxygen atoms in total. The van der Waals surface area contributed by atoms with Gasteiger partial charge in [-0.2, -0.15) is 0 Å². The normalized spacial score (nSPS) is 24.6. The van der Waals surface area contributed by atoms with E-state index in [0.29, 0.717) is 32.5 Å². The first-order valence-corrected chi connectivity index (χ1v) is 9.20. The van der Waals surface area contributed by atoms with Crippen LogP contribution in [0.15, 0.2) is 24.3 Å². The highest BCUT2D eigenvalue weighted by molar-refractivity contribution is 5.89. The third-order valence-electron chi connectivity index (χ3n) is 5.55. The molecule has 0 aliphatic heterocycles. The number of ether oxygens (including phenoxy) is 1. The lowest BCUT2D eigenvalue weighted by atomic mass is 9.54. The Labute approximate surface area is 150 Å². The van der Waals surface area contributed by atoms with Crippen LogP contribution in [0.4, 0.5) is 4.39 Å². The van der Waals surface area contributed by atoms with Crippen LogP contribution in [0.1, 0.15) is 46.1 Å². The fourth-order valence-electron chi connectivity index (χ4n) is 3.62. The van der Waals surface area contributed by atoms with Gasteiger partial charge in [-0.15, -0.1) is 0 Å². The van der Waals surface area contributed by atoms with Crippen molar-refractivity contribution in [3.05, 3.63) is 35.6 Å². The van der Waals surface area contributed by atoms with Gasteiger partial charge in [0.1, 0.15) is 11.4 Å². The Morgan fingerprint density at radius 3 is 2.64 bits per heavy atom. The van der Waals surface area contributed by atoms with Gasteiger partial charge in [0.25, 0.3) is 0 Å². The number of hydrogen-bond donors (Lipinski definition) is 1. The molecule has 0 heterocycles. The van der Waals surface area contributed by atoms with Gasteiger partial charge in [0.05, 0.1) is 6.10 Å². The molecule has 25 heavy (non-hydrogen) atoms. The standard InChI is InChI=1S/C20H31FN2O2/c1-5-11-23(12-10-15-8-7-9-16(21)13-15)18(24)20(22)14-17(25-6-2)19(20,3)4/h7-9,13,17H,5-6,10-12,14,22H2,1-4H3. The van der Waals surface area contributed by atoms with Crippen molar-refractivity contribution in [3.8, 4) is 0 Å². The van der Waals surface area contributed by atoms with Gasteiger partial charge in [-0.3, -0.25) is 4.79 Å². The smallest absolute Gasteiger partial charge is 0.243 e. The maximum Gasteiger partial charge on any atom is 0.243 e. The SMILES string of the molecule is CCCN(CCc1cccc(F)c1)C(=O)C1(N)CC(OCC)C1(C)C. The first-order chi connectivity index (χ1) is 11.8. The van der Waals surface area contributed by atoms with E-state index in [1.54, 1.807) is 6.07 Å². The summed E-state index contributed by atoms with van der Waals surface area (Å²) in [5, 5.41) is 0. The van der Waals surface area contributed by atoms with E-state index in [1.807, 2.05) is 38.7 Å². The second-order valence-electron chi connectivity index (χ2n) is 7.51. The highest BCUT2D eigenvalue weighted by Gasteiger charge is 2.63. The molecular weight excluding hydrogens is 319 g/mol. The zero-order valence-corrected chi connectivity index (χ0v) is 15.8. The van der Waals surface area contributed by atoms with E-state index in [4.69, 9.17) is 10.5 Å². The molecule has 1 aromatic rings. The van der Waals surface area contributed by atoms with E-state index in [9.17, 15) is 9.18 Å². The minimum atomic E-state index is -0.899. The van der Waals surface area contributed by atoms with Crippen molar-refractivity contribution >= 4 is 5.91 Å². The average molecular weight is 350 g/mol. The Morgan fingerprint density at radius 1 is 1.36 bits per heavy atom. The molecule has 2 unspecified atom stereocenters. The summed E-state index contributed by atoms with van der Waals surface area (Å²) < 4.78 is 19.1. The quantitative estimate of drug-likeness (QED) is 0.784. The first kappa shape index (κ1) is 19.9. The molecule has 2 N–H and O–H groups in total. The maximum atomic E-state index is 13.4. The molecule has 0 bridgehead atoms. The lowest BCUT2D eigenvalue weighted by Crippen LogP contribution is -2.76. The van der Waals surface area contributed by atoms with Crippen molar-refractivity contribution < 1.29 is 13.9 Å². The average Bonchev–Trinajstić information content (AvgIpc) is 2.57. The van der Waals surface area contributed by atoms with Crippen molar-refractivity contribution in [2.24, 2.45) is 11.1 Å². The minimum absolute atomic E-state index is 0.0122. The summed E-state index contributed by atoms with van der Waals surface area (Å²) in [5.41, 5.74) is 6.13. The third-order valence-corrected chi connectivity index (χ3v) is 5.55. The van der Waals surface area contributed by atoms with Crippen molar-refractivity contribution in [3.63, 3.8) is 0 Å². The van der Waals surface area contributed by atoms with Crippen LogP contribution in [0.25, 0.3) is 0 Å². The van der Waals surface area contributed by atoms with Crippen LogP contribution in [0, 0.1) is 11.2 Å². The Balaban J connectivity index is 2.07. The van der Waals surface area contributed by atoms with Crippen molar-refractivity contribution in [1.82, 2.24) is 4.90 Å². The zero-order valence-electron chi connectivity index (χ0n) is 15.8. The predicted molar refractivity (Wildman–Crippen MR) is 97.7 cm³/mol. The van der Waals surface area contributed by atoms with Gasteiger partial charge < -0.3 is 15.4 Å². The van der Waals surface area contributed by atoms with E-state index in [-0.39, 0.29) is 17.8 Å². The molecule has 1 fully saturated rings.